The number of nitrogens with zero attached hydrogens (tertiary/aromatic N) is 2. The first-order valence-electron chi connectivity index (χ1n) is 7.36. The van der Waals surface area contributed by atoms with E-state index < -0.39 is 10.0 Å². The first kappa shape index (κ1) is 15.7. The number of sulfonamides is 1. The lowest BCUT2D eigenvalue weighted by molar-refractivity contribution is -0.122. The average Bonchev–Trinajstić information content (AvgIpc) is 3.12. The molecule has 2 aromatic rings. The molecule has 7 nitrogen and oxygen atoms in total. The highest BCUT2D eigenvalue weighted by atomic mass is 32.2. The molecular formula is C15H18N4O3S. The van der Waals surface area contributed by atoms with Gasteiger partial charge in [0.2, 0.25) is 15.9 Å². The van der Waals surface area contributed by atoms with Crippen LogP contribution in [0.2, 0.25) is 0 Å². The number of carbonyl (C=O) groups excluding carboxylic acids is 1. The Hall–Kier alpha value is -2.19. The van der Waals surface area contributed by atoms with Crippen molar-refractivity contribution >= 4 is 15.9 Å². The minimum atomic E-state index is -3.76. The van der Waals surface area contributed by atoms with Crippen molar-refractivity contribution in [3.8, 4) is 0 Å². The summed E-state index contributed by atoms with van der Waals surface area (Å²) in [6, 6.07) is 8.15. The Morgan fingerprint density at radius 2 is 2.17 bits per heavy atom. The molecule has 1 atom stereocenters. The SMILES string of the molecule is NS(=O)(=O)c1cnn(CCC(=O)N[C@@H]2CCc3ccccc32)c1. The lowest BCUT2D eigenvalue weighted by atomic mass is 10.1. The fraction of sp³-hybridized carbons (Fsp3) is 0.333. The molecule has 1 aliphatic carbocycles. The van der Waals surface area contributed by atoms with Gasteiger partial charge in [0.05, 0.1) is 12.2 Å². The maximum absolute atomic E-state index is 12.1. The number of benzene rings is 1. The normalized spacial score (nSPS) is 17.0. The number of hydrogen-bond acceptors (Lipinski definition) is 4. The highest BCUT2D eigenvalue weighted by Crippen LogP contribution is 2.30. The quantitative estimate of drug-likeness (QED) is 0.840. The molecule has 0 spiro atoms. The number of nitrogens with two attached hydrogens (primary N) is 1. The minimum absolute atomic E-state index is 0.0521. The van der Waals surface area contributed by atoms with Crippen LogP contribution in [0.5, 0.6) is 0 Å². The summed E-state index contributed by atoms with van der Waals surface area (Å²) in [7, 11) is -3.76. The smallest absolute Gasteiger partial charge is 0.241 e. The van der Waals surface area contributed by atoms with E-state index in [1.807, 2.05) is 18.2 Å². The van der Waals surface area contributed by atoms with Gasteiger partial charge in [-0.1, -0.05) is 24.3 Å². The van der Waals surface area contributed by atoms with E-state index >= 15 is 0 Å². The third kappa shape index (κ3) is 3.59. The molecular weight excluding hydrogens is 316 g/mol. The van der Waals surface area contributed by atoms with Crippen LogP contribution in [0.4, 0.5) is 0 Å². The molecule has 1 aliphatic rings. The number of rotatable bonds is 5. The van der Waals surface area contributed by atoms with Crippen LogP contribution in [-0.2, 0) is 27.8 Å². The summed E-state index contributed by atoms with van der Waals surface area (Å²) in [5.41, 5.74) is 2.46. The van der Waals surface area contributed by atoms with Crippen LogP contribution >= 0.6 is 0 Å². The van der Waals surface area contributed by atoms with Gasteiger partial charge in [-0.15, -0.1) is 0 Å². The van der Waals surface area contributed by atoms with Gasteiger partial charge in [-0.3, -0.25) is 9.48 Å². The topological polar surface area (TPSA) is 107 Å². The van der Waals surface area contributed by atoms with Gasteiger partial charge in [0, 0.05) is 19.2 Å². The monoisotopic (exact) mass is 334 g/mol. The number of carbonyl (C=O) groups is 1. The fourth-order valence-electron chi connectivity index (χ4n) is 2.80. The summed E-state index contributed by atoms with van der Waals surface area (Å²) < 4.78 is 23.8. The Kier molecular flexibility index (Phi) is 4.18. The molecule has 23 heavy (non-hydrogen) atoms. The van der Waals surface area contributed by atoms with Gasteiger partial charge in [-0.05, 0) is 24.0 Å². The van der Waals surface area contributed by atoms with Gasteiger partial charge in [0.15, 0.2) is 0 Å². The van der Waals surface area contributed by atoms with Crippen molar-refractivity contribution in [3.63, 3.8) is 0 Å². The minimum Gasteiger partial charge on any atom is -0.349 e. The van der Waals surface area contributed by atoms with E-state index in [-0.39, 0.29) is 23.3 Å². The summed E-state index contributed by atoms with van der Waals surface area (Å²) in [5, 5.41) is 11.9. The van der Waals surface area contributed by atoms with Crippen molar-refractivity contribution in [3.05, 3.63) is 47.8 Å². The average molecular weight is 334 g/mol. The molecule has 8 heteroatoms. The largest absolute Gasteiger partial charge is 0.349 e. The number of hydrogen-bond donors (Lipinski definition) is 2. The molecule has 1 amide bonds. The Morgan fingerprint density at radius 3 is 2.91 bits per heavy atom. The van der Waals surface area contributed by atoms with Gasteiger partial charge in [-0.25, -0.2) is 13.6 Å². The molecule has 0 aliphatic heterocycles. The highest BCUT2D eigenvalue weighted by Gasteiger charge is 2.23. The summed E-state index contributed by atoms with van der Waals surface area (Å²) in [5.74, 6) is -0.0839. The van der Waals surface area contributed by atoms with Gasteiger partial charge in [0.1, 0.15) is 4.90 Å². The van der Waals surface area contributed by atoms with Gasteiger partial charge in [0.25, 0.3) is 0 Å². The third-order valence-corrected chi connectivity index (χ3v) is 4.84. The predicted octanol–water partition coefficient (Wildman–Crippen LogP) is 0.724. The number of aryl methyl sites for hydroxylation is 2. The summed E-state index contributed by atoms with van der Waals surface area (Å²) >= 11 is 0. The van der Waals surface area contributed by atoms with Crippen LogP contribution in [0.25, 0.3) is 0 Å². The number of nitrogens with one attached hydrogen (secondary N) is 1. The molecule has 1 aromatic carbocycles. The van der Waals surface area contributed by atoms with Gasteiger partial charge < -0.3 is 5.32 Å². The molecule has 0 radical (unpaired) electrons. The van der Waals surface area contributed by atoms with Crippen LogP contribution in [0, 0.1) is 0 Å². The van der Waals surface area contributed by atoms with Crippen LogP contribution in [0.15, 0.2) is 41.6 Å². The van der Waals surface area contributed by atoms with E-state index in [2.05, 4.69) is 16.5 Å². The maximum Gasteiger partial charge on any atom is 0.241 e. The van der Waals surface area contributed by atoms with E-state index in [0.29, 0.717) is 6.54 Å². The zero-order valence-electron chi connectivity index (χ0n) is 12.5. The van der Waals surface area contributed by atoms with Gasteiger partial charge in [-0.2, -0.15) is 5.10 Å². The summed E-state index contributed by atoms with van der Waals surface area (Å²) in [4.78, 5) is 12.0. The predicted molar refractivity (Wildman–Crippen MR) is 83.9 cm³/mol. The fourth-order valence-corrected chi connectivity index (χ4v) is 3.27. The van der Waals surface area contributed by atoms with Crippen molar-refractivity contribution in [2.75, 3.05) is 0 Å². The highest BCUT2D eigenvalue weighted by molar-refractivity contribution is 7.89. The Balaban J connectivity index is 1.56. The van der Waals surface area contributed by atoms with E-state index in [0.717, 1.165) is 12.8 Å². The number of primary sulfonamides is 1. The van der Waals surface area contributed by atoms with Crippen molar-refractivity contribution in [2.24, 2.45) is 5.14 Å². The molecule has 0 bridgehead atoms. The molecule has 0 saturated heterocycles. The van der Waals surface area contributed by atoms with Crippen molar-refractivity contribution in [1.82, 2.24) is 15.1 Å². The Labute approximate surface area is 134 Å². The van der Waals surface area contributed by atoms with E-state index in [4.69, 9.17) is 5.14 Å². The zero-order chi connectivity index (χ0) is 16.4. The molecule has 122 valence electrons. The second kappa shape index (κ2) is 6.13. The standard InChI is InChI=1S/C15H18N4O3S/c16-23(21,22)12-9-17-19(10-12)8-7-15(20)18-14-6-5-11-3-1-2-4-13(11)14/h1-4,9-10,14H,5-8H2,(H,18,20)(H2,16,21,22)/t14-/m1/s1. The van der Waals surface area contributed by atoms with Crippen molar-refractivity contribution in [2.45, 2.75) is 36.7 Å². The van der Waals surface area contributed by atoms with E-state index in [9.17, 15) is 13.2 Å². The number of fused-ring (bicyclic) bond motifs is 1. The lowest BCUT2D eigenvalue weighted by Crippen LogP contribution is -2.28. The lowest BCUT2D eigenvalue weighted by Gasteiger charge is -2.14. The molecule has 0 saturated carbocycles. The van der Waals surface area contributed by atoms with Crippen LogP contribution < -0.4 is 10.5 Å². The van der Waals surface area contributed by atoms with Crippen LogP contribution in [0.1, 0.15) is 30.0 Å². The number of amides is 1. The molecule has 3 rings (SSSR count). The second-order valence-corrected chi connectivity index (χ2v) is 7.15. The first-order chi connectivity index (χ1) is 10.9. The third-order valence-electron chi connectivity index (χ3n) is 3.97. The van der Waals surface area contributed by atoms with Crippen molar-refractivity contribution in [1.29, 1.82) is 0 Å². The van der Waals surface area contributed by atoms with Crippen LogP contribution in [0.3, 0.4) is 0 Å². The molecule has 3 N–H and O–H groups in total. The molecule has 1 heterocycles. The molecule has 0 unspecified atom stereocenters. The number of aromatic nitrogens is 2. The van der Waals surface area contributed by atoms with E-state index in [1.54, 1.807) is 0 Å². The van der Waals surface area contributed by atoms with Crippen molar-refractivity contribution < 1.29 is 13.2 Å². The first-order valence-corrected chi connectivity index (χ1v) is 8.90. The maximum atomic E-state index is 12.1. The second-order valence-electron chi connectivity index (χ2n) is 5.59. The summed E-state index contributed by atoms with van der Waals surface area (Å²) in [6.45, 7) is 0.301. The van der Waals surface area contributed by atoms with Gasteiger partial charge >= 0.3 is 0 Å². The van der Waals surface area contributed by atoms with E-state index in [1.165, 1.54) is 28.2 Å². The Bertz CT molecular complexity index is 829. The summed E-state index contributed by atoms with van der Waals surface area (Å²) in [6.07, 6.45) is 4.61. The van der Waals surface area contributed by atoms with Crippen LogP contribution in [-0.4, -0.2) is 24.1 Å². The Morgan fingerprint density at radius 1 is 1.39 bits per heavy atom. The molecule has 1 aromatic heterocycles. The zero-order valence-corrected chi connectivity index (χ0v) is 13.3. The molecule has 0 fully saturated rings.